The van der Waals surface area contributed by atoms with E-state index in [-0.39, 0.29) is 23.9 Å². The highest BCUT2D eigenvalue weighted by atomic mass is 19.1. The number of aliphatic hydroxyl groups excluding tert-OH is 2. The molecule has 0 aromatic carbocycles. The van der Waals surface area contributed by atoms with Gasteiger partial charge in [0.15, 0.2) is 17.2 Å². The molecule has 4 aliphatic rings. The number of alkyl halides is 1. The van der Waals surface area contributed by atoms with E-state index in [1.807, 2.05) is 13.0 Å². The van der Waals surface area contributed by atoms with Crippen LogP contribution < -0.4 is 0 Å². The van der Waals surface area contributed by atoms with Gasteiger partial charge in [-0.15, -0.1) is 0 Å². The molecule has 0 amide bonds. The molecule has 140 valence electrons. The number of halogens is 1. The smallest absolute Gasteiger partial charge is 0.184 e. The van der Waals surface area contributed by atoms with Crippen molar-refractivity contribution < 1.29 is 24.2 Å². The molecule has 0 heterocycles. The summed E-state index contributed by atoms with van der Waals surface area (Å²) in [5.74, 6) is -0.963. The van der Waals surface area contributed by atoms with Crippen LogP contribution in [0.4, 0.5) is 4.39 Å². The minimum absolute atomic E-state index is 0.0918. The van der Waals surface area contributed by atoms with Gasteiger partial charge in [0.2, 0.25) is 0 Å². The first-order valence-corrected chi connectivity index (χ1v) is 9.34. The Morgan fingerprint density at radius 3 is 2.77 bits per heavy atom. The molecule has 2 N–H and O–H groups in total. The molecule has 4 aliphatic carbocycles. The first-order valence-electron chi connectivity index (χ1n) is 9.34. The summed E-state index contributed by atoms with van der Waals surface area (Å²) in [7, 11) is 0. The van der Waals surface area contributed by atoms with Gasteiger partial charge in [-0.1, -0.05) is 24.6 Å². The van der Waals surface area contributed by atoms with E-state index < -0.39 is 35.1 Å². The monoisotopic (exact) mass is 360 g/mol. The summed E-state index contributed by atoms with van der Waals surface area (Å²) in [4.78, 5) is 24.0. The second-order valence-corrected chi connectivity index (χ2v) is 8.70. The molecule has 26 heavy (non-hydrogen) atoms. The lowest BCUT2D eigenvalue weighted by Gasteiger charge is -2.61. The third-order valence-corrected chi connectivity index (χ3v) is 7.67. The summed E-state index contributed by atoms with van der Waals surface area (Å²) in [5.41, 5.74) is -2.21. The summed E-state index contributed by atoms with van der Waals surface area (Å²) in [6.07, 6.45) is 7.03. The summed E-state index contributed by atoms with van der Waals surface area (Å²) in [6, 6.07) is 0. The van der Waals surface area contributed by atoms with Crippen LogP contribution in [0.3, 0.4) is 0 Å². The number of carbonyl (C=O) groups is 2. The fraction of sp³-hybridized carbons (Fsp3) is 0.619. The Balaban J connectivity index is 1.79. The van der Waals surface area contributed by atoms with Crippen LogP contribution in [0.2, 0.25) is 0 Å². The van der Waals surface area contributed by atoms with Crippen LogP contribution in [0.5, 0.6) is 0 Å². The number of aliphatic hydroxyl groups is 2. The van der Waals surface area contributed by atoms with Gasteiger partial charge in [-0.05, 0) is 56.3 Å². The van der Waals surface area contributed by atoms with E-state index in [9.17, 15) is 19.8 Å². The lowest BCUT2D eigenvalue weighted by molar-refractivity contribution is -0.185. The maximum atomic E-state index is 16.7. The minimum atomic E-state index is -1.87. The van der Waals surface area contributed by atoms with Crippen molar-refractivity contribution in [2.75, 3.05) is 6.61 Å². The van der Waals surface area contributed by atoms with Crippen molar-refractivity contribution in [1.29, 1.82) is 0 Å². The van der Waals surface area contributed by atoms with Crippen molar-refractivity contribution in [1.82, 2.24) is 0 Å². The normalized spacial score (nSPS) is 46.8. The van der Waals surface area contributed by atoms with Gasteiger partial charge < -0.3 is 10.2 Å². The summed E-state index contributed by atoms with van der Waals surface area (Å²) in [6.45, 7) is 3.13. The zero-order chi connectivity index (χ0) is 18.9. The standard InChI is InChI=1S/C21H25FO4/c1-19-10-18(26)21(22)15(14(19)5-6-16(19)17(25)11-23)4-3-12-9-13(24)7-8-20(12,21)2/h6-9,14-15,18,23,26H,3-5,10-11H2,1-2H3/t14-,15-,18-,19-,20-,21-/m0/s1. The number of hydrogen-bond donors (Lipinski definition) is 2. The predicted molar refractivity (Wildman–Crippen MR) is 93.9 cm³/mol. The quantitative estimate of drug-likeness (QED) is 0.793. The zero-order valence-corrected chi connectivity index (χ0v) is 15.2. The van der Waals surface area contributed by atoms with Crippen molar-refractivity contribution in [3.8, 4) is 0 Å². The molecule has 0 unspecified atom stereocenters. The van der Waals surface area contributed by atoms with Crippen LogP contribution in [0, 0.1) is 22.7 Å². The molecule has 6 atom stereocenters. The van der Waals surface area contributed by atoms with Gasteiger partial charge in [0, 0.05) is 16.7 Å². The molecule has 0 radical (unpaired) electrons. The van der Waals surface area contributed by atoms with Crippen molar-refractivity contribution >= 4 is 11.6 Å². The van der Waals surface area contributed by atoms with E-state index in [1.165, 1.54) is 12.2 Å². The Morgan fingerprint density at radius 2 is 2.08 bits per heavy atom. The number of rotatable bonds is 2. The number of fused-ring (bicyclic) bond motifs is 5. The first kappa shape index (κ1) is 17.8. The average Bonchev–Trinajstić information content (AvgIpc) is 2.93. The molecule has 0 spiro atoms. The van der Waals surface area contributed by atoms with Gasteiger partial charge in [0.25, 0.3) is 0 Å². The fourth-order valence-electron chi connectivity index (χ4n) is 6.30. The Hall–Kier alpha value is -1.59. The lowest BCUT2D eigenvalue weighted by Crippen LogP contribution is -2.66. The van der Waals surface area contributed by atoms with Crippen molar-refractivity contribution in [3.05, 3.63) is 35.5 Å². The van der Waals surface area contributed by atoms with Gasteiger partial charge in [-0.3, -0.25) is 9.59 Å². The predicted octanol–water partition coefficient (Wildman–Crippen LogP) is 2.45. The second kappa shape index (κ2) is 5.46. The SMILES string of the molecule is C[C@]12C=CC(=O)C=C1CC[C@H]1[C@@H]3CC=C(C(=O)CO)[C@@]3(C)C[C@H](O)[C@@]12F. The highest BCUT2D eigenvalue weighted by Crippen LogP contribution is 2.67. The maximum absolute atomic E-state index is 16.7. The highest BCUT2D eigenvalue weighted by Gasteiger charge is 2.69. The van der Waals surface area contributed by atoms with E-state index in [0.717, 1.165) is 5.57 Å². The molecule has 4 rings (SSSR count). The van der Waals surface area contributed by atoms with Crippen LogP contribution in [-0.2, 0) is 9.59 Å². The van der Waals surface area contributed by atoms with Crippen molar-refractivity contribution in [3.63, 3.8) is 0 Å². The van der Waals surface area contributed by atoms with Crippen molar-refractivity contribution in [2.45, 2.75) is 51.3 Å². The van der Waals surface area contributed by atoms with Crippen molar-refractivity contribution in [2.24, 2.45) is 22.7 Å². The summed E-state index contributed by atoms with van der Waals surface area (Å²) < 4.78 is 16.7. The molecule has 0 saturated heterocycles. The largest absolute Gasteiger partial charge is 0.390 e. The molecule has 4 nitrogen and oxygen atoms in total. The Kier molecular flexibility index (Phi) is 3.74. The van der Waals surface area contributed by atoms with Gasteiger partial charge in [-0.25, -0.2) is 4.39 Å². The van der Waals surface area contributed by atoms with Gasteiger partial charge in [0.1, 0.15) is 6.61 Å². The second-order valence-electron chi connectivity index (χ2n) is 8.70. The molecule has 0 aromatic rings. The molecule has 0 aromatic heterocycles. The molecule has 2 saturated carbocycles. The van der Waals surface area contributed by atoms with Gasteiger partial charge in [0.05, 0.1) is 6.10 Å². The summed E-state index contributed by atoms with van der Waals surface area (Å²) in [5, 5.41) is 20.3. The molecule has 0 bridgehead atoms. The van der Waals surface area contributed by atoms with Crippen LogP contribution in [0.15, 0.2) is 35.5 Å². The molecule has 0 aliphatic heterocycles. The number of Topliss-reactive ketones (excluding diaryl/α,β-unsaturated/α-hetero) is 1. The first-order chi connectivity index (χ1) is 12.2. The molecule has 2 fully saturated rings. The number of carbonyl (C=O) groups excluding carboxylic acids is 2. The highest BCUT2D eigenvalue weighted by molar-refractivity contribution is 6.01. The van der Waals surface area contributed by atoms with E-state index in [4.69, 9.17) is 0 Å². The fourth-order valence-corrected chi connectivity index (χ4v) is 6.30. The van der Waals surface area contributed by atoms with E-state index in [2.05, 4.69) is 0 Å². The van der Waals surface area contributed by atoms with Crippen LogP contribution in [0.1, 0.15) is 39.5 Å². The lowest BCUT2D eigenvalue weighted by atomic mass is 9.45. The Bertz CT molecular complexity index is 781. The molecular formula is C21H25FO4. The van der Waals surface area contributed by atoms with Crippen LogP contribution >= 0.6 is 0 Å². The third kappa shape index (κ3) is 1.96. The molecular weight excluding hydrogens is 335 g/mol. The number of hydrogen-bond acceptors (Lipinski definition) is 4. The number of allylic oxidation sites excluding steroid dienone is 5. The minimum Gasteiger partial charge on any atom is -0.390 e. The zero-order valence-electron chi connectivity index (χ0n) is 15.2. The topological polar surface area (TPSA) is 74.6 Å². The van der Waals surface area contributed by atoms with Crippen LogP contribution in [0.25, 0.3) is 0 Å². The number of ketones is 2. The third-order valence-electron chi connectivity index (χ3n) is 7.67. The molecule has 5 heteroatoms. The maximum Gasteiger partial charge on any atom is 0.184 e. The Labute approximate surface area is 152 Å². The Morgan fingerprint density at radius 1 is 1.35 bits per heavy atom. The average molecular weight is 360 g/mol. The van der Waals surface area contributed by atoms with E-state index in [0.29, 0.717) is 24.8 Å². The van der Waals surface area contributed by atoms with Gasteiger partial charge >= 0.3 is 0 Å². The van der Waals surface area contributed by atoms with E-state index in [1.54, 1.807) is 13.0 Å². The summed E-state index contributed by atoms with van der Waals surface area (Å²) >= 11 is 0. The van der Waals surface area contributed by atoms with Gasteiger partial charge in [-0.2, -0.15) is 0 Å². The van der Waals surface area contributed by atoms with Crippen LogP contribution in [-0.4, -0.2) is 40.2 Å². The van der Waals surface area contributed by atoms with E-state index >= 15 is 4.39 Å².